The second-order valence-corrected chi connectivity index (χ2v) is 8.23. The van der Waals surface area contributed by atoms with Gasteiger partial charge in [-0.05, 0) is 60.3 Å². The quantitative estimate of drug-likeness (QED) is 0.539. The van der Waals surface area contributed by atoms with Crippen LogP contribution in [0.4, 0.5) is 11.4 Å². The van der Waals surface area contributed by atoms with Gasteiger partial charge in [-0.1, -0.05) is 23.2 Å². The summed E-state index contributed by atoms with van der Waals surface area (Å²) in [5.41, 5.74) is 2.41. The second kappa shape index (κ2) is 6.86. The maximum absolute atomic E-state index is 12.3. The number of nitrogens with zero attached hydrogens (tertiary/aromatic N) is 1. The van der Waals surface area contributed by atoms with E-state index >= 15 is 0 Å². The summed E-state index contributed by atoms with van der Waals surface area (Å²) in [6.45, 7) is 1.89. The van der Waals surface area contributed by atoms with Crippen molar-refractivity contribution in [3.8, 4) is 11.5 Å². The molecule has 1 aliphatic carbocycles. The third-order valence-corrected chi connectivity index (χ3v) is 6.01. The van der Waals surface area contributed by atoms with Crippen LogP contribution in [0.2, 0.25) is 10.0 Å². The number of hydrogen-bond donors (Lipinski definition) is 3. The Labute approximate surface area is 184 Å². The summed E-state index contributed by atoms with van der Waals surface area (Å²) in [6.07, 6.45) is 1.62. The molecule has 3 aromatic rings. The van der Waals surface area contributed by atoms with E-state index < -0.39 is 17.1 Å². The largest absolute Gasteiger partial charge is 0.454 e. The molecule has 11 heteroatoms. The summed E-state index contributed by atoms with van der Waals surface area (Å²) in [5.74, 6) is -1.08. The molecule has 0 bridgehead atoms. The van der Waals surface area contributed by atoms with E-state index in [2.05, 4.69) is 25.3 Å². The highest BCUT2D eigenvalue weighted by atomic mass is 35.5. The van der Waals surface area contributed by atoms with E-state index in [4.69, 9.17) is 27.9 Å². The van der Waals surface area contributed by atoms with Crippen molar-refractivity contribution >= 4 is 46.4 Å². The molecule has 0 saturated heterocycles. The first kappa shape index (κ1) is 19.7. The Morgan fingerprint density at radius 3 is 2.55 bits per heavy atom. The molecule has 1 spiro atoms. The number of fused-ring (bicyclic) bond motifs is 2. The number of ether oxygens (including phenoxy) is 1. The number of rotatable bonds is 4. The SMILES string of the molecule is Cc1c(Oc2c(Cl)cc(NC(=O)c3noc(=O)[nH]3)cc2Cl)ccc2c1C1(CC1)C(=O)N2. The van der Waals surface area contributed by atoms with Crippen LogP contribution in [0.15, 0.2) is 33.6 Å². The van der Waals surface area contributed by atoms with Crippen molar-refractivity contribution < 1.29 is 18.8 Å². The van der Waals surface area contributed by atoms with E-state index in [1.165, 1.54) is 12.1 Å². The van der Waals surface area contributed by atoms with Gasteiger partial charge in [-0.15, -0.1) is 0 Å². The minimum atomic E-state index is -0.848. The molecule has 158 valence electrons. The fraction of sp³-hybridized carbons (Fsp3) is 0.200. The van der Waals surface area contributed by atoms with Crippen LogP contribution in [0, 0.1) is 6.92 Å². The van der Waals surface area contributed by atoms with Crippen LogP contribution in [0.5, 0.6) is 11.5 Å². The molecule has 2 aliphatic rings. The molecule has 31 heavy (non-hydrogen) atoms. The lowest BCUT2D eigenvalue weighted by atomic mass is 9.93. The minimum absolute atomic E-state index is 0.0207. The van der Waals surface area contributed by atoms with Gasteiger partial charge in [-0.3, -0.25) is 19.1 Å². The third-order valence-electron chi connectivity index (χ3n) is 5.45. The molecule has 1 saturated carbocycles. The molecular formula is C20H14Cl2N4O5. The number of halogens is 2. The number of aromatic amines is 1. The standard InChI is InChI=1S/C20H14Cl2N4O5/c1-8-13(3-2-12-14(8)20(4-5-20)18(28)24-12)30-15-10(21)6-9(7-11(15)22)23-17(27)16-25-19(29)31-26-16/h2-3,6-7H,4-5H2,1H3,(H,23,27)(H,24,28)(H,25,26,29). The zero-order valence-electron chi connectivity index (χ0n) is 16.0. The molecule has 2 aromatic carbocycles. The Bertz CT molecular complexity index is 1300. The molecule has 1 aliphatic heterocycles. The average molecular weight is 461 g/mol. The number of anilines is 2. The molecule has 2 amide bonds. The van der Waals surface area contributed by atoms with E-state index in [1.807, 2.05) is 6.92 Å². The second-order valence-electron chi connectivity index (χ2n) is 7.42. The summed E-state index contributed by atoms with van der Waals surface area (Å²) in [6, 6.07) is 6.46. The van der Waals surface area contributed by atoms with Crippen LogP contribution < -0.4 is 21.1 Å². The van der Waals surface area contributed by atoms with Crippen molar-refractivity contribution in [3.05, 3.63) is 61.8 Å². The number of carbonyl (C=O) groups excluding carboxylic acids is 2. The topological polar surface area (TPSA) is 126 Å². The highest BCUT2D eigenvalue weighted by Crippen LogP contribution is 2.57. The van der Waals surface area contributed by atoms with Crippen LogP contribution in [-0.2, 0) is 10.2 Å². The fourth-order valence-corrected chi connectivity index (χ4v) is 4.40. The first-order valence-electron chi connectivity index (χ1n) is 9.28. The monoisotopic (exact) mass is 460 g/mol. The van der Waals surface area contributed by atoms with Crippen molar-refractivity contribution in [2.24, 2.45) is 0 Å². The average Bonchev–Trinajstić information content (AvgIpc) is 3.30. The number of aromatic nitrogens is 2. The Morgan fingerprint density at radius 1 is 1.23 bits per heavy atom. The highest BCUT2D eigenvalue weighted by Gasteiger charge is 2.57. The van der Waals surface area contributed by atoms with Crippen LogP contribution in [-0.4, -0.2) is 22.0 Å². The Kier molecular flexibility index (Phi) is 4.35. The summed E-state index contributed by atoms with van der Waals surface area (Å²) in [4.78, 5) is 37.6. The van der Waals surface area contributed by atoms with Gasteiger partial charge >= 0.3 is 5.76 Å². The molecule has 5 rings (SSSR count). The van der Waals surface area contributed by atoms with Gasteiger partial charge in [0, 0.05) is 11.4 Å². The minimum Gasteiger partial charge on any atom is -0.454 e. The van der Waals surface area contributed by atoms with Gasteiger partial charge in [-0.2, -0.15) is 0 Å². The summed E-state index contributed by atoms with van der Waals surface area (Å²) in [5, 5.41) is 9.07. The molecule has 0 radical (unpaired) electrons. The summed E-state index contributed by atoms with van der Waals surface area (Å²) < 4.78 is 10.3. The normalized spacial score (nSPS) is 15.5. The van der Waals surface area contributed by atoms with E-state index in [-0.39, 0.29) is 33.2 Å². The Morgan fingerprint density at radius 2 is 1.94 bits per heavy atom. The van der Waals surface area contributed by atoms with Gasteiger partial charge in [-0.25, -0.2) is 4.79 Å². The lowest BCUT2D eigenvalue weighted by Crippen LogP contribution is -2.19. The lowest BCUT2D eigenvalue weighted by molar-refractivity contribution is -0.117. The van der Waals surface area contributed by atoms with Crippen LogP contribution in [0.25, 0.3) is 0 Å². The maximum atomic E-state index is 12.3. The molecule has 0 unspecified atom stereocenters. The van der Waals surface area contributed by atoms with Gasteiger partial charge in [0.1, 0.15) is 5.75 Å². The Hall–Kier alpha value is -3.30. The van der Waals surface area contributed by atoms with Crippen molar-refractivity contribution in [2.45, 2.75) is 25.2 Å². The van der Waals surface area contributed by atoms with Gasteiger partial charge in [0.15, 0.2) is 5.75 Å². The van der Waals surface area contributed by atoms with Crippen LogP contribution in [0.3, 0.4) is 0 Å². The maximum Gasteiger partial charge on any atom is 0.439 e. The first-order valence-corrected chi connectivity index (χ1v) is 10.0. The van der Waals surface area contributed by atoms with Gasteiger partial charge in [0.2, 0.25) is 11.7 Å². The van der Waals surface area contributed by atoms with E-state index in [1.54, 1.807) is 12.1 Å². The predicted molar refractivity (Wildman–Crippen MR) is 112 cm³/mol. The summed E-state index contributed by atoms with van der Waals surface area (Å²) in [7, 11) is 0. The number of amides is 2. The van der Waals surface area contributed by atoms with Crippen molar-refractivity contribution in [1.29, 1.82) is 0 Å². The zero-order chi connectivity index (χ0) is 21.9. The van der Waals surface area contributed by atoms with Crippen molar-refractivity contribution in [1.82, 2.24) is 10.1 Å². The van der Waals surface area contributed by atoms with E-state index in [9.17, 15) is 14.4 Å². The molecule has 3 N–H and O–H groups in total. The van der Waals surface area contributed by atoms with E-state index in [0.717, 1.165) is 29.7 Å². The number of H-pyrrole nitrogens is 1. The van der Waals surface area contributed by atoms with Gasteiger partial charge in [0.25, 0.3) is 5.91 Å². The third kappa shape index (κ3) is 3.17. The first-order chi connectivity index (χ1) is 14.8. The lowest BCUT2D eigenvalue weighted by Gasteiger charge is -2.16. The fourth-order valence-electron chi connectivity index (χ4n) is 3.84. The molecular weight excluding hydrogens is 447 g/mol. The number of nitrogens with one attached hydrogen (secondary N) is 3. The summed E-state index contributed by atoms with van der Waals surface area (Å²) >= 11 is 12.7. The van der Waals surface area contributed by atoms with Gasteiger partial charge < -0.3 is 15.4 Å². The number of carbonyl (C=O) groups is 2. The van der Waals surface area contributed by atoms with Crippen molar-refractivity contribution in [3.63, 3.8) is 0 Å². The zero-order valence-corrected chi connectivity index (χ0v) is 17.5. The molecule has 0 atom stereocenters. The predicted octanol–water partition coefficient (Wildman–Crippen LogP) is 4.01. The Balaban J connectivity index is 1.42. The van der Waals surface area contributed by atoms with E-state index in [0.29, 0.717) is 5.75 Å². The molecule has 1 fully saturated rings. The smallest absolute Gasteiger partial charge is 0.439 e. The number of hydrogen-bond acceptors (Lipinski definition) is 6. The molecule has 2 heterocycles. The van der Waals surface area contributed by atoms with Crippen LogP contribution in [0.1, 0.15) is 34.6 Å². The van der Waals surface area contributed by atoms with Gasteiger partial charge in [0.05, 0.1) is 15.5 Å². The van der Waals surface area contributed by atoms with Crippen LogP contribution >= 0.6 is 23.2 Å². The number of benzene rings is 2. The highest BCUT2D eigenvalue weighted by molar-refractivity contribution is 6.37. The molecule has 1 aromatic heterocycles. The van der Waals surface area contributed by atoms with Crippen molar-refractivity contribution in [2.75, 3.05) is 10.6 Å². The molecule has 9 nitrogen and oxygen atoms in total.